The lowest BCUT2D eigenvalue weighted by Crippen LogP contribution is -2.43. The Morgan fingerprint density at radius 2 is 1.77 bits per heavy atom. The Kier molecular flexibility index (Phi) is 3.96. The summed E-state index contributed by atoms with van der Waals surface area (Å²) in [5.74, 6) is -0.552. The van der Waals surface area contributed by atoms with E-state index in [0.717, 1.165) is 25.8 Å². The van der Waals surface area contributed by atoms with E-state index in [1.54, 1.807) is 24.3 Å². The number of carbonyl (C=O) groups excluding carboxylic acids is 3. The lowest BCUT2D eigenvalue weighted by Gasteiger charge is -2.33. The lowest BCUT2D eigenvalue weighted by molar-refractivity contribution is -0.134. The maximum Gasteiger partial charge on any atom is 0.261 e. The van der Waals surface area contributed by atoms with Crippen LogP contribution in [-0.4, -0.2) is 46.7 Å². The SMILES string of the molecule is CC1CCCCN1C(=O)CCN1C(=O)c2ccccc2C1=O. The minimum absolute atomic E-state index is 0.0313. The fraction of sp³-hybridized carbons (Fsp3) is 0.471. The Morgan fingerprint density at radius 1 is 1.14 bits per heavy atom. The Hall–Kier alpha value is -2.17. The average molecular weight is 300 g/mol. The van der Waals surface area contributed by atoms with E-state index in [0.29, 0.717) is 11.1 Å². The molecule has 5 heteroatoms. The predicted molar refractivity (Wildman–Crippen MR) is 81.5 cm³/mol. The van der Waals surface area contributed by atoms with Crippen molar-refractivity contribution in [3.63, 3.8) is 0 Å². The second-order valence-electron chi connectivity index (χ2n) is 5.99. The van der Waals surface area contributed by atoms with Gasteiger partial charge in [-0.05, 0) is 38.3 Å². The highest BCUT2D eigenvalue weighted by molar-refractivity contribution is 6.21. The summed E-state index contributed by atoms with van der Waals surface area (Å²) < 4.78 is 0. The number of piperidine rings is 1. The summed E-state index contributed by atoms with van der Waals surface area (Å²) in [6.45, 7) is 3.00. The summed E-state index contributed by atoms with van der Waals surface area (Å²) in [6, 6.07) is 7.06. The van der Waals surface area contributed by atoms with E-state index in [-0.39, 0.29) is 36.7 Å². The van der Waals surface area contributed by atoms with Crippen LogP contribution in [0, 0.1) is 0 Å². The van der Waals surface area contributed by atoms with Gasteiger partial charge in [-0.1, -0.05) is 12.1 Å². The summed E-state index contributed by atoms with van der Waals surface area (Å²) in [7, 11) is 0. The zero-order valence-corrected chi connectivity index (χ0v) is 12.7. The number of fused-ring (bicyclic) bond motifs is 1. The molecule has 1 aromatic rings. The van der Waals surface area contributed by atoms with Crippen molar-refractivity contribution in [2.45, 2.75) is 38.6 Å². The van der Waals surface area contributed by atoms with Gasteiger partial charge in [0.15, 0.2) is 0 Å². The molecule has 116 valence electrons. The van der Waals surface area contributed by atoms with Crippen molar-refractivity contribution in [1.82, 2.24) is 9.80 Å². The number of hydrogen-bond donors (Lipinski definition) is 0. The van der Waals surface area contributed by atoms with Crippen molar-refractivity contribution in [2.24, 2.45) is 0 Å². The van der Waals surface area contributed by atoms with Gasteiger partial charge in [0.2, 0.25) is 5.91 Å². The van der Waals surface area contributed by atoms with Crippen LogP contribution in [0.25, 0.3) is 0 Å². The van der Waals surface area contributed by atoms with Crippen molar-refractivity contribution in [3.8, 4) is 0 Å². The van der Waals surface area contributed by atoms with Gasteiger partial charge in [-0.3, -0.25) is 19.3 Å². The topological polar surface area (TPSA) is 57.7 Å². The maximum atomic E-state index is 12.3. The summed E-state index contributed by atoms with van der Waals surface area (Å²) in [5, 5.41) is 0. The lowest BCUT2D eigenvalue weighted by atomic mass is 10.0. The summed E-state index contributed by atoms with van der Waals surface area (Å²) in [6.07, 6.45) is 3.42. The smallest absolute Gasteiger partial charge is 0.261 e. The molecule has 2 heterocycles. The normalized spacial score (nSPS) is 21.2. The van der Waals surface area contributed by atoms with E-state index < -0.39 is 0 Å². The van der Waals surface area contributed by atoms with Crippen molar-refractivity contribution in [2.75, 3.05) is 13.1 Å². The average Bonchev–Trinajstić information content (AvgIpc) is 2.77. The van der Waals surface area contributed by atoms with Crippen LogP contribution < -0.4 is 0 Å². The van der Waals surface area contributed by atoms with Gasteiger partial charge in [-0.25, -0.2) is 0 Å². The van der Waals surface area contributed by atoms with E-state index in [1.165, 1.54) is 4.90 Å². The second-order valence-corrected chi connectivity index (χ2v) is 5.99. The third kappa shape index (κ3) is 2.51. The minimum atomic E-state index is -0.292. The van der Waals surface area contributed by atoms with Crippen LogP contribution in [-0.2, 0) is 4.79 Å². The van der Waals surface area contributed by atoms with Crippen LogP contribution >= 0.6 is 0 Å². The van der Waals surface area contributed by atoms with Crippen LogP contribution in [0.15, 0.2) is 24.3 Å². The molecule has 0 saturated carbocycles. The van der Waals surface area contributed by atoms with Gasteiger partial charge < -0.3 is 4.90 Å². The first-order valence-corrected chi connectivity index (χ1v) is 7.84. The molecule has 3 amide bonds. The highest BCUT2D eigenvalue weighted by Gasteiger charge is 2.35. The van der Waals surface area contributed by atoms with Gasteiger partial charge in [0.05, 0.1) is 11.1 Å². The zero-order chi connectivity index (χ0) is 15.7. The summed E-state index contributed by atoms with van der Waals surface area (Å²) >= 11 is 0. The molecule has 0 radical (unpaired) electrons. The van der Waals surface area contributed by atoms with Gasteiger partial charge in [-0.2, -0.15) is 0 Å². The summed E-state index contributed by atoms with van der Waals surface area (Å²) in [5.41, 5.74) is 0.873. The van der Waals surface area contributed by atoms with Crippen molar-refractivity contribution in [1.29, 1.82) is 0 Å². The Morgan fingerprint density at radius 3 is 2.36 bits per heavy atom. The predicted octanol–water partition coefficient (Wildman–Crippen LogP) is 2.07. The fourth-order valence-electron chi connectivity index (χ4n) is 3.26. The first-order chi connectivity index (χ1) is 10.6. The Balaban J connectivity index is 1.64. The molecule has 3 rings (SSSR count). The van der Waals surface area contributed by atoms with E-state index in [1.807, 2.05) is 4.90 Å². The monoisotopic (exact) mass is 300 g/mol. The molecule has 0 N–H and O–H groups in total. The van der Waals surface area contributed by atoms with Crippen molar-refractivity contribution < 1.29 is 14.4 Å². The number of imide groups is 1. The molecule has 22 heavy (non-hydrogen) atoms. The standard InChI is InChI=1S/C17H20N2O3/c1-12-6-4-5-10-18(12)15(20)9-11-19-16(21)13-7-2-3-8-14(13)17(19)22/h2-3,7-8,12H,4-6,9-11H2,1H3. The molecule has 1 unspecified atom stereocenters. The van der Waals surface area contributed by atoms with Crippen LogP contribution in [0.3, 0.4) is 0 Å². The molecular weight excluding hydrogens is 280 g/mol. The molecule has 1 fully saturated rings. The number of rotatable bonds is 3. The highest BCUT2D eigenvalue weighted by Crippen LogP contribution is 2.23. The van der Waals surface area contributed by atoms with Gasteiger partial charge in [0.25, 0.3) is 11.8 Å². The third-order valence-electron chi connectivity index (χ3n) is 4.55. The molecule has 1 saturated heterocycles. The molecular formula is C17H20N2O3. The molecule has 0 bridgehead atoms. The van der Waals surface area contributed by atoms with Gasteiger partial charge >= 0.3 is 0 Å². The van der Waals surface area contributed by atoms with Gasteiger partial charge in [0.1, 0.15) is 0 Å². The Bertz CT molecular complexity index is 591. The van der Waals surface area contributed by atoms with E-state index in [2.05, 4.69) is 6.92 Å². The molecule has 1 atom stereocenters. The summed E-state index contributed by atoms with van der Waals surface area (Å²) in [4.78, 5) is 39.9. The minimum Gasteiger partial charge on any atom is -0.340 e. The first kappa shape index (κ1) is 14.8. The van der Waals surface area contributed by atoms with E-state index >= 15 is 0 Å². The zero-order valence-electron chi connectivity index (χ0n) is 12.7. The first-order valence-electron chi connectivity index (χ1n) is 7.84. The number of likely N-dealkylation sites (tertiary alicyclic amines) is 1. The van der Waals surface area contributed by atoms with Crippen LogP contribution in [0.2, 0.25) is 0 Å². The number of amides is 3. The van der Waals surface area contributed by atoms with Crippen molar-refractivity contribution >= 4 is 17.7 Å². The quantitative estimate of drug-likeness (QED) is 0.803. The van der Waals surface area contributed by atoms with E-state index in [4.69, 9.17) is 0 Å². The van der Waals surface area contributed by atoms with Crippen LogP contribution in [0.1, 0.15) is 53.3 Å². The third-order valence-corrected chi connectivity index (χ3v) is 4.55. The number of nitrogens with zero attached hydrogens (tertiary/aromatic N) is 2. The second kappa shape index (κ2) is 5.91. The molecule has 5 nitrogen and oxygen atoms in total. The van der Waals surface area contributed by atoms with Gasteiger partial charge in [-0.15, -0.1) is 0 Å². The van der Waals surface area contributed by atoms with Crippen LogP contribution in [0.5, 0.6) is 0 Å². The fourth-order valence-corrected chi connectivity index (χ4v) is 3.26. The number of benzene rings is 1. The molecule has 0 aromatic heterocycles. The largest absolute Gasteiger partial charge is 0.340 e. The van der Waals surface area contributed by atoms with Crippen LogP contribution in [0.4, 0.5) is 0 Å². The molecule has 0 spiro atoms. The Labute approximate surface area is 129 Å². The number of hydrogen-bond acceptors (Lipinski definition) is 3. The van der Waals surface area contributed by atoms with Gasteiger partial charge in [0, 0.05) is 25.6 Å². The molecule has 2 aliphatic rings. The molecule has 1 aromatic carbocycles. The van der Waals surface area contributed by atoms with Crippen molar-refractivity contribution in [3.05, 3.63) is 35.4 Å². The highest BCUT2D eigenvalue weighted by atomic mass is 16.2. The molecule has 2 aliphatic heterocycles. The number of carbonyl (C=O) groups is 3. The maximum absolute atomic E-state index is 12.3. The van der Waals surface area contributed by atoms with E-state index in [9.17, 15) is 14.4 Å². The molecule has 0 aliphatic carbocycles.